The molecule has 0 aliphatic heterocycles. The van der Waals surface area contributed by atoms with Gasteiger partial charge in [0.05, 0.1) is 6.42 Å². The maximum atomic E-state index is 12.5. The summed E-state index contributed by atoms with van der Waals surface area (Å²) in [6.07, 6.45) is -5.12. The summed E-state index contributed by atoms with van der Waals surface area (Å²) in [6.45, 7) is 4.10. The van der Waals surface area contributed by atoms with Crippen molar-refractivity contribution in [1.29, 1.82) is 0 Å². The highest BCUT2D eigenvalue weighted by atomic mass is 35.5. The van der Waals surface area contributed by atoms with E-state index in [0.717, 1.165) is 16.7 Å². The van der Waals surface area contributed by atoms with Crippen LogP contribution in [0, 0.1) is 0 Å². The highest BCUT2D eigenvalue weighted by molar-refractivity contribution is 6.30. The Morgan fingerprint density at radius 3 is 2.38 bits per heavy atom. The van der Waals surface area contributed by atoms with Crippen molar-refractivity contribution < 1.29 is 13.2 Å². The Morgan fingerprint density at radius 2 is 1.76 bits per heavy atom. The summed E-state index contributed by atoms with van der Waals surface area (Å²) in [5.74, 6) is 0.267. The average molecular weight is 313 g/mol. The lowest BCUT2D eigenvalue weighted by Gasteiger charge is -2.15. The predicted octanol–water partition coefficient (Wildman–Crippen LogP) is 6.24. The summed E-state index contributed by atoms with van der Waals surface area (Å²) >= 11 is 6.04. The molecular weight excluding hydrogens is 297 g/mol. The first-order valence-corrected chi connectivity index (χ1v) is 7.09. The molecule has 4 heteroatoms. The molecule has 0 saturated heterocycles. The van der Waals surface area contributed by atoms with Gasteiger partial charge in [-0.15, -0.1) is 0 Å². The summed E-state index contributed by atoms with van der Waals surface area (Å²) in [6, 6.07) is 12.1. The molecule has 0 N–H and O–H groups in total. The molecule has 0 atom stereocenters. The molecule has 112 valence electrons. The number of alkyl halides is 3. The average Bonchev–Trinajstić information content (AvgIpc) is 2.36. The van der Waals surface area contributed by atoms with Crippen molar-refractivity contribution in [2.45, 2.75) is 32.4 Å². The largest absolute Gasteiger partial charge is 0.393 e. The maximum Gasteiger partial charge on any atom is 0.393 e. The molecule has 0 aromatic heterocycles. The fourth-order valence-electron chi connectivity index (χ4n) is 2.36. The second kappa shape index (κ2) is 6.10. The third kappa shape index (κ3) is 4.24. The van der Waals surface area contributed by atoms with E-state index >= 15 is 0 Å². The Morgan fingerprint density at radius 1 is 1.05 bits per heavy atom. The molecule has 0 spiro atoms. The molecule has 0 fully saturated rings. The first-order valence-electron chi connectivity index (χ1n) is 6.72. The highest BCUT2D eigenvalue weighted by Gasteiger charge is 2.27. The summed E-state index contributed by atoms with van der Waals surface area (Å²) < 4.78 is 37.6. The van der Waals surface area contributed by atoms with Crippen molar-refractivity contribution in [1.82, 2.24) is 0 Å². The number of rotatable bonds is 3. The molecule has 0 aliphatic rings. The number of hydrogen-bond donors (Lipinski definition) is 0. The van der Waals surface area contributed by atoms with E-state index < -0.39 is 12.6 Å². The molecule has 0 aliphatic carbocycles. The van der Waals surface area contributed by atoms with E-state index in [9.17, 15) is 13.2 Å². The Kier molecular flexibility index (Phi) is 4.62. The van der Waals surface area contributed by atoms with Gasteiger partial charge in [-0.25, -0.2) is 0 Å². The smallest absolute Gasteiger partial charge is 0.171 e. The van der Waals surface area contributed by atoms with Gasteiger partial charge in [0.2, 0.25) is 0 Å². The molecule has 0 amide bonds. The fraction of sp³-hybridized carbons (Fsp3) is 0.294. The van der Waals surface area contributed by atoms with Crippen molar-refractivity contribution >= 4 is 11.6 Å². The minimum atomic E-state index is -4.20. The van der Waals surface area contributed by atoms with Gasteiger partial charge >= 0.3 is 6.18 Å². The van der Waals surface area contributed by atoms with Crippen LogP contribution in [0.4, 0.5) is 13.2 Å². The quantitative estimate of drug-likeness (QED) is 0.629. The lowest BCUT2D eigenvalue weighted by Crippen LogP contribution is -2.11. The predicted molar refractivity (Wildman–Crippen MR) is 80.7 cm³/mol. The van der Waals surface area contributed by atoms with E-state index in [0.29, 0.717) is 5.02 Å². The van der Waals surface area contributed by atoms with Crippen molar-refractivity contribution in [3.8, 4) is 11.1 Å². The summed E-state index contributed by atoms with van der Waals surface area (Å²) in [5, 5.41) is 0.579. The van der Waals surface area contributed by atoms with E-state index in [4.69, 9.17) is 11.6 Å². The van der Waals surface area contributed by atoms with Gasteiger partial charge < -0.3 is 0 Å². The topological polar surface area (TPSA) is 0 Å². The van der Waals surface area contributed by atoms with E-state index in [1.807, 2.05) is 32.0 Å². The van der Waals surface area contributed by atoms with Crippen molar-refractivity contribution in [3.63, 3.8) is 0 Å². The summed E-state index contributed by atoms with van der Waals surface area (Å²) in [4.78, 5) is 0. The van der Waals surface area contributed by atoms with Crippen LogP contribution in [0.1, 0.15) is 30.9 Å². The number of halogens is 4. The maximum absolute atomic E-state index is 12.5. The third-order valence-corrected chi connectivity index (χ3v) is 3.52. The van der Waals surface area contributed by atoms with E-state index in [-0.39, 0.29) is 11.5 Å². The van der Waals surface area contributed by atoms with Crippen LogP contribution in [-0.4, -0.2) is 6.18 Å². The molecule has 0 bridgehead atoms. The molecule has 0 radical (unpaired) electrons. The fourth-order valence-corrected chi connectivity index (χ4v) is 2.53. The Balaban J connectivity index is 2.47. The van der Waals surface area contributed by atoms with E-state index in [2.05, 4.69) is 0 Å². The van der Waals surface area contributed by atoms with Crippen molar-refractivity contribution in [2.75, 3.05) is 0 Å². The molecule has 2 aromatic carbocycles. The van der Waals surface area contributed by atoms with Gasteiger partial charge in [0, 0.05) is 5.02 Å². The van der Waals surface area contributed by atoms with Gasteiger partial charge in [-0.2, -0.15) is 13.2 Å². The van der Waals surface area contributed by atoms with Crippen LogP contribution < -0.4 is 0 Å². The normalized spacial score (nSPS) is 12.0. The zero-order valence-electron chi connectivity index (χ0n) is 11.8. The molecule has 2 rings (SSSR count). The van der Waals surface area contributed by atoms with Gasteiger partial charge in [-0.05, 0) is 40.3 Å². The number of benzene rings is 2. The number of hydrogen-bond acceptors (Lipinski definition) is 0. The molecule has 0 nitrogen and oxygen atoms in total. The first kappa shape index (κ1) is 15.9. The lowest BCUT2D eigenvalue weighted by molar-refractivity contribution is -0.127. The SMILES string of the molecule is CC(C)c1ccc(Cl)cc1-c1cccc(CC(F)(F)F)c1. The van der Waals surface area contributed by atoms with Crippen molar-refractivity contribution in [3.05, 3.63) is 58.6 Å². The Hall–Kier alpha value is -1.48. The van der Waals surface area contributed by atoms with Crippen LogP contribution in [0.15, 0.2) is 42.5 Å². The molecule has 2 aromatic rings. The van der Waals surface area contributed by atoms with Crippen LogP contribution in [0.25, 0.3) is 11.1 Å². The summed E-state index contributed by atoms with van der Waals surface area (Å²) in [7, 11) is 0. The minimum absolute atomic E-state index is 0.259. The molecule has 0 saturated carbocycles. The van der Waals surface area contributed by atoms with Gasteiger partial charge in [-0.3, -0.25) is 0 Å². The van der Waals surface area contributed by atoms with E-state index in [1.165, 1.54) is 6.07 Å². The first-order chi connectivity index (χ1) is 9.76. The van der Waals surface area contributed by atoms with Crippen LogP contribution in [-0.2, 0) is 6.42 Å². The zero-order valence-corrected chi connectivity index (χ0v) is 12.6. The van der Waals surface area contributed by atoms with Gasteiger partial charge in [0.15, 0.2) is 0 Å². The molecular formula is C17H16ClF3. The van der Waals surface area contributed by atoms with Crippen LogP contribution >= 0.6 is 11.6 Å². The molecule has 0 heterocycles. The Labute approximate surface area is 127 Å². The second-order valence-electron chi connectivity index (χ2n) is 5.38. The standard InChI is InChI=1S/C17H16ClF3/c1-11(2)15-7-6-14(18)9-16(15)13-5-3-4-12(8-13)10-17(19,20)21/h3-9,11H,10H2,1-2H3. The van der Waals surface area contributed by atoms with Gasteiger partial charge in [0.25, 0.3) is 0 Å². The van der Waals surface area contributed by atoms with E-state index in [1.54, 1.807) is 18.2 Å². The van der Waals surface area contributed by atoms with Crippen LogP contribution in [0.3, 0.4) is 0 Å². The second-order valence-corrected chi connectivity index (χ2v) is 5.82. The van der Waals surface area contributed by atoms with Gasteiger partial charge in [0.1, 0.15) is 0 Å². The van der Waals surface area contributed by atoms with Crippen molar-refractivity contribution in [2.24, 2.45) is 0 Å². The molecule has 0 unspecified atom stereocenters. The zero-order chi connectivity index (χ0) is 15.6. The monoisotopic (exact) mass is 312 g/mol. The Bertz CT molecular complexity index is 630. The summed E-state index contributed by atoms with van der Waals surface area (Å²) in [5.41, 5.74) is 2.99. The van der Waals surface area contributed by atoms with Gasteiger partial charge in [-0.1, -0.05) is 55.8 Å². The highest BCUT2D eigenvalue weighted by Crippen LogP contribution is 2.33. The van der Waals surface area contributed by atoms with Crippen LogP contribution in [0.5, 0.6) is 0 Å². The minimum Gasteiger partial charge on any atom is -0.171 e. The molecule has 21 heavy (non-hydrogen) atoms. The van der Waals surface area contributed by atoms with Crippen LogP contribution in [0.2, 0.25) is 5.02 Å². The lowest BCUT2D eigenvalue weighted by atomic mass is 9.91. The third-order valence-electron chi connectivity index (χ3n) is 3.28.